The standard InChI is InChI=1S/C13H16N4/c1-10-7-8-17(16-10)9-12(13(14)15)11-5-3-2-4-6-11/h2-8,12H,9H2,1H3,(H3,14,15). The highest BCUT2D eigenvalue weighted by Gasteiger charge is 2.15. The highest BCUT2D eigenvalue weighted by molar-refractivity contribution is 5.84. The fraction of sp³-hybridized carbons (Fsp3) is 0.231. The van der Waals surface area contributed by atoms with Crippen molar-refractivity contribution in [3.05, 3.63) is 53.9 Å². The molecule has 0 amide bonds. The lowest BCUT2D eigenvalue weighted by molar-refractivity contribution is 0.581. The number of nitrogens with one attached hydrogen (secondary N) is 1. The first kappa shape index (κ1) is 11.4. The van der Waals surface area contributed by atoms with Crippen molar-refractivity contribution in [2.45, 2.75) is 19.4 Å². The van der Waals surface area contributed by atoms with Gasteiger partial charge in [0.25, 0.3) is 0 Å². The van der Waals surface area contributed by atoms with Crippen molar-refractivity contribution in [2.75, 3.05) is 0 Å². The van der Waals surface area contributed by atoms with E-state index >= 15 is 0 Å². The Hall–Kier alpha value is -2.10. The predicted octanol–water partition coefficient (Wildman–Crippen LogP) is 1.91. The summed E-state index contributed by atoms with van der Waals surface area (Å²) in [4.78, 5) is 0. The number of benzene rings is 1. The lowest BCUT2D eigenvalue weighted by Gasteiger charge is -2.15. The molecule has 0 saturated heterocycles. The average molecular weight is 228 g/mol. The highest BCUT2D eigenvalue weighted by atomic mass is 15.3. The zero-order valence-electron chi connectivity index (χ0n) is 9.80. The molecule has 0 saturated carbocycles. The maximum absolute atomic E-state index is 7.68. The van der Waals surface area contributed by atoms with Gasteiger partial charge in [-0.2, -0.15) is 5.10 Å². The van der Waals surface area contributed by atoms with Gasteiger partial charge in [0, 0.05) is 6.20 Å². The van der Waals surface area contributed by atoms with E-state index in [0.717, 1.165) is 11.3 Å². The molecule has 1 aromatic heterocycles. The van der Waals surface area contributed by atoms with Gasteiger partial charge in [0.15, 0.2) is 0 Å². The second-order valence-corrected chi connectivity index (χ2v) is 4.10. The third-order valence-electron chi connectivity index (χ3n) is 2.72. The Morgan fingerprint density at radius 3 is 2.59 bits per heavy atom. The van der Waals surface area contributed by atoms with Gasteiger partial charge in [-0.3, -0.25) is 10.1 Å². The normalized spacial score (nSPS) is 12.3. The molecule has 3 N–H and O–H groups in total. The Morgan fingerprint density at radius 2 is 2.06 bits per heavy atom. The molecular weight excluding hydrogens is 212 g/mol. The number of hydrogen-bond donors (Lipinski definition) is 2. The van der Waals surface area contributed by atoms with E-state index in [0.29, 0.717) is 6.54 Å². The van der Waals surface area contributed by atoms with Crippen LogP contribution >= 0.6 is 0 Å². The van der Waals surface area contributed by atoms with Crippen molar-refractivity contribution >= 4 is 5.84 Å². The van der Waals surface area contributed by atoms with Crippen LogP contribution in [0.4, 0.5) is 0 Å². The molecule has 0 aliphatic rings. The van der Waals surface area contributed by atoms with E-state index in [4.69, 9.17) is 11.1 Å². The van der Waals surface area contributed by atoms with Crippen LogP contribution in [-0.2, 0) is 6.54 Å². The van der Waals surface area contributed by atoms with E-state index < -0.39 is 0 Å². The van der Waals surface area contributed by atoms with E-state index in [9.17, 15) is 0 Å². The van der Waals surface area contributed by atoms with Crippen molar-refractivity contribution in [1.82, 2.24) is 9.78 Å². The zero-order valence-corrected chi connectivity index (χ0v) is 9.80. The topological polar surface area (TPSA) is 67.7 Å². The molecular formula is C13H16N4. The Kier molecular flexibility index (Phi) is 3.23. The molecule has 0 spiro atoms. The minimum Gasteiger partial charge on any atom is -0.387 e. The summed E-state index contributed by atoms with van der Waals surface area (Å²) >= 11 is 0. The molecule has 17 heavy (non-hydrogen) atoms. The van der Waals surface area contributed by atoms with Crippen LogP contribution < -0.4 is 5.73 Å². The Labute approximate surface area is 101 Å². The lowest BCUT2D eigenvalue weighted by Crippen LogP contribution is -2.25. The van der Waals surface area contributed by atoms with E-state index in [1.165, 1.54) is 0 Å². The summed E-state index contributed by atoms with van der Waals surface area (Å²) in [7, 11) is 0. The van der Waals surface area contributed by atoms with Crippen LogP contribution in [0.3, 0.4) is 0 Å². The van der Waals surface area contributed by atoms with Gasteiger partial charge in [0.1, 0.15) is 5.84 Å². The van der Waals surface area contributed by atoms with Gasteiger partial charge in [-0.05, 0) is 18.6 Å². The Morgan fingerprint density at radius 1 is 1.35 bits per heavy atom. The van der Waals surface area contributed by atoms with Crippen LogP contribution in [0.1, 0.15) is 17.2 Å². The molecule has 0 fully saturated rings. The molecule has 2 rings (SSSR count). The van der Waals surface area contributed by atoms with Crippen molar-refractivity contribution in [1.29, 1.82) is 5.41 Å². The number of hydrogen-bond acceptors (Lipinski definition) is 2. The molecule has 0 bridgehead atoms. The molecule has 1 atom stereocenters. The molecule has 88 valence electrons. The number of aryl methyl sites for hydroxylation is 1. The van der Waals surface area contributed by atoms with Crippen molar-refractivity contribution < 1.29 is 0 Å². The number of amidine groups is 1. The molecule has 0 aliphatic carbocycles. The third kappa shape index (κ3) is 2.72. The number of nitrogens with zero attached hydrogens (tertiary/aromatic N) is 2. The summed E-state index contributed by atoms with van der Waals surface area (Å²) in [6, 6.07) is 11.8. The van der Waals surface area contributed by atoms with Crippen LogP contribution in [0.5, 0.6) is 0 Å². The minimum atomic E-state index is -0.115. The maximum Gasteiger partial charge on any atom is 0.100 e. The van der Waals surface area contributed by atoms with Crippen molar-refractivity contribution in [3.63, 3.8) is 0 Å². The summed E-state index contributed by atoms with van der Waals surface area (Å²) < 4.78 is 1.83. The summed E-state index contributed by atoms with van der Waals surface area (Å²) in [5, 5.41) is 12.0. The first-order chi connectivity index (χ1) is 8.16. The molecule has 1 heterocycles. The van der Waals surface area contributed by atoms with Gasteiger partial charge in [0.05, 0.1) is 18.2 Å². The Balaban J connectivity index is 2.22. The number of nitrogens with two attached hydrogens (primary N) is 1. The van der Waals surface area contributed by atoms with E-state index in [1.807, 2.05) is 54.2 Å². The molecule has 0 radical (unpaired) electrons. The molecule has 1 aromatic carbocycles. The molecule has 4 heteroatoms. The zero-order chi connectivity index (χ0) is 12.3. The smallest absolute Gasteiger partial charge is 0.100 e. The van der Waals surface area contributed by atoms with Gasteiger partial charge in [-0.1, -0.05) is 30.3 Å². The van der Waals surface area contributed by atoms with Gasteiger partial charge in [0.2, 0.25) is 0 Å². The fourth-order valence-corrected chi connectivity index (χ4v) is 1.82. The molecule has 0 aliphatic heterocycles. The van der Waals surface area contributed by atoms with Crippen LogP contribution in [0.2, 0.25) is 0 Å². The van der Waals surface area contributed by atoms with E-state index in [2.05, 4.69) is 5.10 Å². The lowest BCUT2D eigenvalue weighted by atomic mass is 9.98. The summed E-state index contributed by atoms with van der Waals surface area (Å²) in [6.07, 6.45) is 1.91. The first-order valence-electron chi connectivity index (χ1n) is 5.55. The van der Waals surface area contributed by atoms with Gasteiger partial charge in [-0.15, -0.1) is 0 Å². The Bertz CT molecular complexity index is 501. The van der Waals surface area contributed by atoms with Crippen LogP contribution in [0.25, 0.3) is 0 Å². The first-order valence-corrected chi connectivity index (χ1v) is 5.55. The van der Waals surface area contributed by atoms with E-state index in [-0.39, 0.29) is 11.8 Å². The average Bonchev–Trinajstić information content (AvgIpc) is 2.73. The highest BCUT2D eigenvalue weighted by Crippen LogP contribution is 2.17. The van der Waals surface area contributed by atoms with Gasteiger partial charge >= 0.3 is 0 Å². The van der Waals surface area contributed by atoms with Crippen LogP contribution in [0, 0.1) is 12.3 Å². The fourth-order valence-electron chi connectivity index (χ4n) is 1.82. The van der Waals surface area contributed by atoms with Crippen molar-refractivity contribution in [2.24, 2.45) is 5.73 Å². The number of rotatable bonds is 4. The second-order valence-electron chi connectivity index (χ2n) is 4.10. The molecule has 4 nitrogen and oxygen atoms in total. The minimum absolute atomic E-state index is 0.115. The molecule has 2 aromatic rings. The summed E-state index contributed by atoms with van der Waals surface area (Å²) in [5.41, 5.74) is 7.69. The summed E-state index contributed by atoms with van der Waals surface area (Å²) in [6.45, 7) is 2.55. The SMILES string of the molecule is Cc1ccn(CC(C(=N)N)c2ccccc2)n1. The van der Waals surface area contributed by atoms with Crippen molar-refractivity contribution in [3.8, 4) is 0 Å². The van der Waals surface area contributed by atoms with Gasteiger partial charge < -0.3 is 5.73 Å². The van der Waals surface area contributed by atoms with Crippen LogP contribution in [-0.4, -0.2) is 15.6 Å². The van der Waals surface area contributed by atoms with Gasteiger partial charge in [-0.25, -0.2) is 0 Å². The second kappa shape index (κ2) is 4.82. The number of aromatic nitrogens is 2. The predicted molar refractivity (Wildman–Crippen MR) is 68.1 cm³/mol. The maximum atomic E-state index is 7.68. The summed E-state index contributed by atoms with van der Waals surface area (Å²) in [5.74, 6) is 0.0554. The third-order valence-corrected chi connectivity index (χ3v) is 2.72. The molecule has 1 unspecified atom stereocenters. The largest absolute Gasteiger partial charge is 0.387 e. The van der Waals surface area contributed by atoms with E-state index in [1.54, 1.807) is 0 Å². The quantitative estimate of drug-likeness (QED) is 0.620. The van der Waals surface area contributed by atoms with Crippen LogP contribution in [0.15, 0.2) is 42.6 Å². The monoisotopic (exact) mass is 228 g/mol.